The van der Waals surface area contributed by atoms with Crippen LogP contribution < -0.4 is 0 Å². The largest absolute Gasteiger partial charge is 0.376 e. The van der Waals surface area contributed by atoms with Gasteiger partial charge in [-0.2, -0.15) is 4.39 Å². The Morgan fingerprint density at radius 2 is 2.14 bits per heavy atom. The number of pyridine rings is 1. The van der Waals surface area contributed by atoms with Crippen molar-refractivity contribution in [1.82, 2.24) is 4.98 Å². The highest BCUT2D eigenvalue weighted by Gasteiger charge is 2.28. The summed E-state index contributed by atoms with van der Waals surface area (Å²) >= 11 is 2.60. The summed E-state index contributed by atoms with van der Waals surface area (Å²) in [5, 5.41) is 10.3. The smallest absolute Gasteiger partial charge is 0.358 e. The van der Waals surface area contributed by atoms with Gasteiger partial charge in [-0.3, -0.25) is 0 Å². The normalized spacial score (nSPS) is 10.6. The van der Waals surface area contributed by atoms with Crippen LogP contribution in [0.5, 0.6) is 0 Å². The molecule has 0 aliphatic rings. The summed E-state index contributed by atoms with van der Waals surface area (Å²) in [5.74, 6) is -2.36. The summed E-state index contributed by atoms with van der Waals surface area (Å²) in [6, 6.07) is 0.647. The Bertz CT molecular complexity index is 386. The minimum atomic E-state index is -3.09. The molecule has 0 aliphatic heterocycles. The standard InChI is InChI=1S/C6H2BrF3N2O2/c7-2-1-3(8)11-6(12(13)14)4(2)5(9)10/h1,5H. The van der Waals surface area contributed by atoms with Gasteiger partial charge in [-0.05, 0) is 25.8 Å². The molecule has 76 valence electrons. The lowest BCUT2D eigenvalue weighted by Gasteiger charge is -2.02. The van der Waals surface area contributed by atoms with Crippen LogP contribution in [0.25, 0.3) is 0 Å². The second-order valence-electron chi connectivity index (χ2n) is 2.22. The van der Waals surface area contributed by atoms with Gasteiger partial charge in [0.05, 0.1) is 0 Å². The summed E-state index contributed by atoms with van der Waals surface area (Å²) < 4.78 is 36.7. The molecule has 8 heteroatoms. The fraction of sp³-hybridized carbons (Fsp3) is 0.167. The van der Waals surface area contributed by atoms with Crippen molar-refractivity contribution in [2.24, 2.45) is 0 Å². The van der Waals surface area contributed by atoms with Crippen LogP contribution in [0, 0.1) is 16.1 Å². The maximum Gasteiger partial charge on any atom is 0.376 e. The number of hydrogen-bond acceptors (Lipinski definition) is 3. The van der Waals surface area contributed by atoms with Gasteiger partial charge in [0.2, 0.25) is 0 Å². The summed E-state index contributed by atoms with van der Waals surface area (Å²) in [4.78, 5) is 11.9. The van der Waals surface area contributed by atoms with E-state index in [1.54, 1.807) is 0 Å². The van der Waals surface area contributed by atoms with Crippen LogP contribution in [-0.4, -0.2) is 9.91 Å². The predicted molar refractivity (Wildman–Crippen MR) is 43.5 cm³/mol. The topological polar surface area (TPSA) is 56.0 Å². The number of alkyl halides is 2. The summed E-state index contributed by atoms with van der Waals surface area (Å²) in [6.45, 7) is 0. The molecular weight excluding hydrogens is 269 g/mol. The second kappa shape index (κ2) is 3.91. The molecule has 0 aromatic carbocycles. The van der Waals surface area contributed by atoms with Crippen molar-refractivity contribution < 1.29 is 18.1 Å². The lowest BCUT2D eigenvalue weighted by atomic mass is 10.2. The van der Waals surface area contributed by atoms with Crippen LogP contribution in [0.1, 0.15) is 12.0 Å². The average molecular weight is 271 g/mol. The molecular formula is C6H2BrF3N2O2. The van der Waals surface area contributed by atoms with Gasteiger partial charge >= 0.3 is 11.8 Å². The second-order valence-corrected chi connectivity index (χ2v) is 3.08. The van der Waals surface area contributed by atoms with E-state index in [0.29, 0.717) is 6.07 Å². The molecule has 0 fully saturated rings. The molecule has 0 atom stereocenters. The molecule has 0 saturated carbocycles. The van der Waals surface area contributed by atoms with E-state index in [-0.39, 0.29) is 4.47 Å². The Labute approximate surface area is 84.0 Å². The molecule has 0 radical (unpaired) electrons. The maximum atomic E-state index is 12.5. The van der Waals surface area contributed by atoms with E-state index < -0.39 is 28.7 Å². The molecule has 0 unspecified atom stereocenters. The molecule has 0 spiro atoms. The van der Waals surface area contributed by atoms with E-state index >= 15 is 0 Å². The first-order valence-electron chi connectivity index (χ1n) is 3.22. The Kier molecular flexibility index (Phi) is 3.04. The average Bonchev–Trinajstić information content (AvgIpc) is 2.01. The van der Waals surface area contributed by atoms with Crippen LogP contribution in [0.15, 0.2) is 10.5 Å². The third-order valence-corrected chi connectivity index (χ3v) is 2.00. The number of aromatic nitrogens is 1. The molecule has 1 heterocycles. The van der Waals surface area contributed by atoms with E-state index in [2.05, 4.69) is 20.9 Å². The number of halogens is 4. The van der Waals surface area contributed by atoms with Gasteiger partial charge < -0.3 is 10.1 Å². The van der Waals surface area contributed by atoms with Crippen LogP contribution in [-0.2, 0) is 0 Å². The van der Waals surface area contributed by atoms with Gasteiger partial charge in [-0.15, -0.1) is 0 Å². The van der Waals surface area contributed by atoms with Crippen LogP contribution >= 0.6 is 15.9 Å². The monoisotopic (exact) mass is 270 g/mol. The lowest BCUT2D eigenvalue weighted by Crippen LogP contribution is -2.02. The first kappa shape index (κ1) is 10.9. The minimum Gasteiger partial charge on any atom is -0.358 e. The van der Waals surface area contributed by atoms with E-state index in [9.17, 15) is 23.3 Å². The quantitative estimate of drug-likeness (QED) is 0.472. The molecule has 1 aromatic heterocycles. The van der Waals surface area contributed by atoms with Crippen LogP contribution in [0.2, 0.25) is 0 Å². The number of hydrogen-bond donors (Lipinski definition) is 0. The van der Waals surface area contributed by atoms with Gasteiger partial charge in [0.25, 0.3) is 6.43 Å². The lowest BCUT2D eigenvalue weighted by molar-refractivity contribution is -0.391. The predicted octanol–water partition coefficient (Wildman–Crippen LogP) is 2.83. The zero-order chi connectivity index (χ0) is 10.9. The number of nitro groups is 1. The molecule has 4 nitrogen and oxygen atoms in total. The molecule has 1 rings (SSSR count). The summed E-state index contributed by atoms with van der Waals surface area (Å²) in [5.41, 5.74) is -0.920. The first-order valence-corrected chi connectivity index (χ1v) is 4.01. The van der Waals surface area contributed by atoms with E-state index in [1.165, 1.54) is 0 Å². The van der Waals surface area contributed by atoms with Crippen molar-refractivity contribution in [2.45, 2.75) is 6.43 Å². The molecule has 1 aromatic rings. The Morgan fingerprint density at radius 1 is 1.57 bits per heavy atom. The fourth-order valence-electron chi connectivity index (χ4n) is 0.824. The van der Waals surface area contributed by atoms with Crippen molar-refractivity contribution in [1.29, 1.82) is 0 Å². The van der Waals surface area contributed by atoms with E-state index in [0.717, 1.165) is 0 Å². The van der Waals surface area contributed by atoms with Gasteiger partial charge in [0, 0.05) is 10.5 Å². The SMILES string of the molecule is O=[N+]([O-])c1nc(F)cc(Br)c1C(F)F. The third-order valence-electron chi connectivity index (χ3n) is 1.35. The van der Waals surface area contributed by atoms with Crippen molar-refractivity contribution in [3.8, 4) is 0 Å². The Balaban J connectivity index is 3.44. The van der Waals surface area contributed by atoms with Gasteiger partial charge in [0.15, 0.2) is 0 Å². The highest BCUT2D eigenvalue weighted by Crippen LogP contribution is 2.33. The zero-order valence-electron chi connectivity index (χ0n) is 6.38. The van der Waals surface area contributed by atoms with Gasteiger partial charge in [-0.25, -0.2) is 8.78 Å². The van der Waals surface area contributed by atoms with Crippen molar-refractivity contribution in [3.05, 3.63) is 32.2 Å². The van der Waals surface area contributed by atoms with E-state index in [1.807, 2.05) is 0 Å². The molecule has 0 N–H and O–H groups in total. The number of nitrogens with zero attached hydrogens (tertiary/aromatic N) is 2. The minimum absolute atomic E-state index is 0.369. The summed E-state index contributed by atoms with van der Waals surface area (Å²) in [7, 11) is 0. The van der Waals surface area contributed by atoms with E-state index in [4.69, 9.17) is 0 Å². The zero-order valence-corrected chi connectivity index (χ0v) is 7.96. The molecule has 0 bridgehead atoms. The molecule has 0 amide bonds. The van der Waals surface area contributed by atoms with Crippen molar-refractivity contribution >= 4 is 21.7 Å². The molecule has 0 saturated heterocycles. The first-order chi connectivity index (χ1) is 6.43. The van der Waals surface area contributed by atoms with Crippen molar-refractivity contribution in [3.63, 3.8) is 0 Å². The summed E-state index contributed by atoms with van der Waals surface area (Å²) in [6.07, 6.45) is -3.09. The maximum absolute atomic E-state index is 12.5. The number of rotatable bonds is 2. The third kappa shape index (κ3) is 2.00. The van der Waals surface area contributed by atoms with Crippen LogP contribution in [0.4, 0.5) is 19.0 Å². The Morgan fingerprint density at radius 3 is 2.57 bits per heavy atom. The van der Waals surface area contributed by atoms with Crippen LogP contribution in [0.3, 0.4) is 0 Å². The highest BCUT2D eigenvalue weighted by atomic mass is 79.9. The fourth-order valence-corrected chi connectivity index (χ4v) is 1.36. The van der Waals surface area contributed by atoms with Gasteiger partial charge in [-0.1, -0.05) is 0 Å². The highest BCUT2D eigenvalue weighted by molar-refractivity contribution is 9.10. The van der Waals surface area contributed by atoms with Gasteiger partial charge in [0.1, 0.15) is 5.56 Å². The molecule has 14 heavy (non-hydrogen) atoms. The van der Waals surface area contributed by atoms with Crippen molar-refractivity contribution in [2.75, 3.05) is 0 Å². The molecule has 0 aliphatic carbocycles. The Hall–Kier alpha value is -1.18.